The Kier molecular flexibility index (Phi) is 4.71. The van der Waals surface area contributed by atoms with Crippen LogP contribution in [0.5, 0.6) is 0 Å². The minimum absolute atomic E-state index is 0.0202. The van der Waals surface area contributed by atoms with Crippen molar-refractivity contribution in [2.75, 3.05) is 26.2 Å². The fourth-order valence-electron chi connectivity index (χ4n) is 2.75. The molecule has 10 heteroatoms. The monoisotopic (exact) mass is 354 g/mol. The van der Waals surface area contributed by atoms with E-state index in [0.717, 1.165) is 12.1 Å². The Balaban J connectivity index is 1.79. The molecule has 0 atom stereocenters. The van der Waals surface area contributed by atoms with Gasteiger partial charge in [-0.1, -0.05) is 6.07 Å². The molecule has 134 valence electrons. The lowest BCUT2D eigenvalue weighted by Gasteiger charge is -2.33. The number of benzene rings is 1. The number of likely N-dealkylation sites (N-methyl/N-ethyl adjacent to an activating group) is 1. The van der Waals surface area contributed by atoms with Gasteiger partial charge in [-0.25, -0.2) is 0 Å². The molecular weight excluding hydrogens is 337 g/mol. The van der Waals surface area contributed by atoms with Crippen molar-refractivity contribution in [2.45, 2.75) is 19.6 Å². The molecule has 0 aliphatic carbocycles. The minimum Gasteiger partial charge on any atom is -0.341 e. The number of alkyl halides is 3. The first-order valence-electron chi connectivity index (χ1n) is 7.83. The summed E-state index contributed by atoms with van der Waals surface area (Å²) in [6.07, 6.45) is -4.44. The maximum Gasteiger partial charge on any atom is 0.416 e. The molecule has 7 nitrogen and oxygen atoms in total. The quantitative estimate of drug-likeness (QED) is 0.829. The molecule has 25 heavy (non-hydrogen) atoms. The van der Waals surface area contributed by atoms with E-state index in [1.165, 1.54) is 16.8 Å². The fourth-order valence-corrected chi connectivity index (χ4v) is 2.75. The molecule has 3 rings (SSSR count). The summed E-state index contributed by atoms with van der Waals surface area (Å²) >= 11 is 0. The van der Waals surface area contributed by atoms with Crippen molar-refractivity contribution in [3.8, 4) is 5.69 Å². The molecule has 0 saturated carbocycles. The van der Waals surface area contributed by atoms with Crippen molar-refractivity contribution in [1.29, 1.82) is 0 Å². The number of piperazine rings is 1. The van der Waals surface area contributed by atoms with Gasteiger partial charge in [0.15, 0.2) is 5.82 Å². The first-order chi connectivity index (χ1) is 11.9. The molecule has 1 aromatic carbocycles. The summed E-state index contributed by atoms with van der Waals surface area (Å²) in [5.41, 5.74) is -0.536. The van der Waals surface area contributed by atoms with Crippen LogP contribution in [0.2, 0.25) is 0 Å². The summed E-state index contributed by atoms with van der Waals surface area (Å²) < 4.78 is 39.9. The van der Waals surface area contributed by atoms with Crippen LogP contribution in [0.15, 0.2) is 24.3 Å². The molecule has 1 aliphatic heterocycles. The van der Waals surface area contributed by atoms with Crippen LogP contribution < -0.4 is 0 Å². The van der Waals surface area contributed by atoms with Crippen LogP contribution in [0.25, 0.3) is 5.69 Å². The highest BCUT2D eigenvalue weighted by atomic mass is 19.4. The smallest absolute Gasteiger partial charge is 0.341 e. The van der Waals surface area contributed by atoms with Crippen LogP contribution >= 0.6 is 0 Å². The summed E-state index contributed by atoms with van der Waals surface area (Å²) in [6.45, 7) is 4.38. The summed E-state index contributed by atoms with van der Waals surface area (Å²) in [7, 11) is 0. The van der Waals surface area contributed by atoms with E-state index in [1.807, 2.05) is 11.8 Å². The summed E-state index contributed by atoms with van der Waals surface area (Å²) in [6, 6.07) is 4.82. The molecule has 1 amide bonds. The zero-order valence-electron chi connectivity index (χ0n) is 13.6. The van der Waals surface area contributed by atoms with Crippen LogP contribution in [-0.4, -0.2) is 62.1 Å². The molecule has 0 unspecified atom stereocenters. The highest BCUT2D eigenvalue weighted by Gasteiger charge is 2.31. The Labute approximate surface area is 142 Å². The van der Waals surface area contributed by atoms with Crippen LogP contribution in [0.1, 0.15) is 18.3 Å². The van der Waals surface area contributed by atoms with Gasteiger partial charge in [0.25, 0.3) is 0 Å². The van der Waals surface area contributed by atoms with Gasteiger partial charge < -0.3 is 4.90 Å². The van der Waals surface area contributed by atoms with Gasteiger partial charge in [0.2, 0.25) is 5.91 Å². The Hall–Kier alpha value is -2.49. The van der Waals surface area contributed by atoms with Gasteiger partial charge in [-0.05, 0) is 35.5 Å². The Morgan fingerprint density at radius 1 is 1.24 bits per heavy atom. The molecule has 0 N–H and O–H groups in total. The molecular formula is C15H17F3N6O. The third-order valence-electron chi connectivity index (χ3n) is 4.10. The van der Waals surface area contributed by atoms with Gasteiger partial charge in [0.1, 0.15) is 0 Å². The number of tetrazole rings is 1. The van der Waals surface area contributed by atoms with Crippen molar-refractivity contribution >= 4 is 5.91 Å². The number of hydrogen-bond donors (Lipinski definition) is 0. The van der Waals surface area contributed by atoms with Crippen molar-refractivity contribution < 1.29 is 18.0 Å². The second-order valence-electron chi connectivity index (χ2n) is 5.74. The number of amides is 1. The minimum atomic E-state index is -4.44. The summed E-state index contributed by atoms with van der Waals surface area (Å²) in [4.78, 5) is 15.6. The van der Waals surface area contributed by atoms with Crippen LogP contribution in [0, 0.1) is 0 Å². The SMILES string of the molecule is CCN1CCN(Cc2nnnn2-c2cccc(C(F)(F)F)c2)CC1=O. The van der Waals surface area contributed by atoms with Gasteiger partial charge in [-0.3, -0.25) is 9.69 Å². The lowest BCUT2D eigenvalue weighted by atomic mass is 10.2. The average molecular weight is 354 g/mol. The summed E-state index contributed by atoms with van der Waals surface area (Å²) in [5.74, 6) is 0.406. The number of rotatable bonds is 4. The van der Waals surface area contributed by atoms with E-state index in [2.05, 4.69) is 15.5 Å². The van der Waals surface area contributed by atoms with Gasteiger partial charge in [0.05, 0.1) is 24.3 Å². The van der Waals surface area contributed by atoms with Gasteiger partial charge in [0, 0.05) is 19.6 Å². The predicted octanol–water partition coefficient (Wildman–Crippen LogP) is 1.35. The van der Waals surface area contributed by atoms with Gasteiger partial charge >= 0.3 is 6.18 Å². The van der Waals surface area contributed by atoms with Crippen molar-refractivity contribution in [3.63, 3.8) is 0 Å². The second-order valence-corrected chi connectivity index (χ2v) is 5.74. The topological polar surface area (TPSA) is 67.2 Å². The van der Waals surface area contributed by atoms with Crippen LogP contribution in [0.3, 0.4) is 0 Å². The maximum atomic E-state index is 12.9. The van der Waals surface area contributed by atoms with Crippen molar-refractivity contribution in [1.82, 2.24) is 30.0 Å². The van der Waals surface area contributed by atoms with Crippen LogP contribution in [-0.2, 0) is 17.5 Å². The molecule has 0 radical (unpaired) electrons. The highest BCUT2D eigenvalue weighted by Crippen LogP contribution is 2.30. The van der Waals surface area contributed by atoms with E-state index >= 15 is 0 Å². The van der Waals surface area contributed by atoms with E-state index in [0.29, 0.717) is 25.5 Å². The van der Waals surface area contributed by atoms with Crippen LogP contribution in [0.4, 0.5) is 13.2 Å². The lowest BCUT2D eigenvalue weighted by Crippen LogP contribution is -2.49. The van der Waals surface area contributed by atoms with Crippen molar-refractivity contribution in [3.05, 3.63) is 35.7 Å². The first kappa shape index (κ1) is 17.3. The third-order valence-corrected chi connectivity index (χ3v) is 4.10. The van der Waals surface area contributed by atoms with E-state index in [-0.39, 0.29) is 24.7 Å². The number of hydrogen-bond acceptors (Lipinski definition) is 5. The average Bonchev–Trinajstić information content (AvgIpc) is 3.02. The number of carbonyl (C=O) groups is 1. The highest BCUT2D eigenvalue weighted by molar-refractivity contribution is 5.78. The predicted molar refractivity (Wildman–Crippen MR) is 81.7 cm³/mol. The molecule has 0 bridgehead atoms. The number of halogens is 3. The second kappa shape index (κ2) is 6.79. The van der Waals surface area contributed by atoms with Crippen molar-refractivity contribution in [2.24, 2.45) is 0 Å². The zero-order chi connectivity index (χ0) is 18.0. The summed E-state index contributed by atoms with van der Waals surface area (Å²) in [5, 5.41) is 11.3. The molecule has 0 spiro atoms. The molecule has 1 aromatic heterocycles. The van der Waals surface area contributed by atoms with E-state index in [4.69, 9.17) is 0 Å². The lowest BCUT2D eigenvalue weighted by molar-refractivity contribution is -0.138. The van der Waals surface area contributed by atoms with Gasteiger partial charge in [-0.15, -0.1) is 5.10 Å². The first-order valence-corrected chi connectivity index (χ1v) is 7.83. The molecule has 2 aromatic rings. The standard InChI is InChI=1S/C15H17F3N6O/c1-2-23-7-6-22(10-14(23)25)9-13-19-20-21-24(13)12-5-3-4-11(8-12)15(16,17)18/h3-5,8H,2,6-7,9-10H2,1H3. The largest absolute Gasteiger partial charge is 0.416 e. The Morgan fingerprint density at radius 2 is 2.04 bits per heavy atom. The normalized spacial score (nSPS) is 16.5. The molecule has 1 aliphatic rings. The number of aromatic nitrogens is 4. The van der Waals surface area contributed by atoms with E-state index in [1.54, 1.807) is 4.90 Å². The number of carbonyl (C=O) groups excluding carboxylic acids is 1. The Bertz CT molecular complexity index is 760. The molecule has 2 heterocycles. The molecule has 1 saturated heterocycles. The van der Waals surface area contributed by atoms with Gasteiger partial charge in [-0.2, -0.15) is 17.9 Å². The van der Waals surface area contributed by atoms with E-state index < -0.39 is 11.7 Å². The third kappa shape index (κ3) is 3.78. The Morgan fingerprint density at radius 3 is 2.72 bits per heavy atom. The fraction of sp³-hybridized carbons (Fsp3) is 0.467. The number of nitrogens with zero attached hydrogens (tertiary/aromatic N) is 6. The molecule has 1 fully saturated rings. The van der Waals surface area contributed by atoms with E-state index in [9.17, 15) is 18.0 Å². The zero-order valence-corrected chi connectivity index (χ0v) is 13.6. The maximum absolute atomic E-state index is 12.9.